The highest BCUT2D eigenvalue weighted by Crippen LogP contribution is 2.23. The minimum atomic E-state index is -0.428. The Hall–Kier alpha value is -1.72. The monoisotopic (exact) mass is 302 g/mol. The van der Waals surface area contributed by atoms with Crippen LogP contribution in [0.15, 0.2) is 24.3 Å². The number of hydrogen-bond donors (Lipinski definition) is 1. The molecular formula is C17H22N2O3. The number of hydrogen-bond acceptors (Lipinski definition) is 4. The van der Waals surface area contributed by atoms with E-state index in [9.17, 15) is 9.59 Å². The van der Waals surface area contributed by atoms with Crippen LogP contribution in [0.5, 0.6) is 0 Å². The molecular weight excluding hydrogens is 280 g/mol. The Kier molecular flexibility index (Phi) is 4.55. The predicted octanol–water partition coefficient (Wildman–Crippen LogP) is 1.65. The van der Waals surface area contributed by atoms with E-state index >= 15 is 0 Å². The lowest BCUT2D eigenvalue weighted by molar-refractivity contribution is -0.121. The number of ether oxygens (including phenoxy) is 1. The molecule has 2 amide bonds. The van der Waals surface area contributed by atoms with E-state index in [2.05, 4.69) is 12.2 Å². The topological polar surface area (TPSA) is 58.6 Å². The molecule has 2 saturated heterocycles. The van der Waals surface area contributed by atoms with Crippen LogP contribution < -0.4 is 10.2 Å². The summed E-state index contributed by atoms with van der Waals surface area (Å²) in [5.74, 6) is -0.300. The summed E-state index contributed by atoms with van der Waals surface area (Å²) in [5.41, 5.74) is 1.85. The van der Waals surface area contributed by atoms with Gasteiger partial charge in [0, 0.05) is 13.2 Å². The first kappa shape index (κ1) is 15.2. The van der Waals surface area contributed by atoms with Gasteiger partial charge in [0.05, 0.1) is 24.3 Å². The van der Waals surface area contributed by atoms with Gasteiger partial charge in [-0.1, -0.05) is 19.1 Å². The largest absolute Gasteiger partial charge is 0.377 e. The summed E-state index contributed by atoms with van der Waals surface area (Å²) in [7, 11) is 0. The average molecular weight is 302 g/mol. The number of nitrogens with zero attached hydrogens (tertiary/aromatic N) is 1. The Balaban J connectivity index is 1.65. The zero-order valence-electron chi connectivity index (χ0n) is 12.9. The summed E-state index contributed by atoms with van der Waals surface area (Å²) in [6.07, 6.45) is 3.42. The average Bonchev–Trinajstić information content (AvgIpc) is 3.14. The number of nitrogens with one attached hydrogen (secondary N) is 1. The molecule has 2 heterocycles. The number of anilines is 1. The fraction of sp³-hybridized carbons (Fsp3) is 0.529. The molecule has 0 bridgehead atoms. The fourth-order valence-corrected chi connectivity index (χ4v) is 3.02. The number of rotatable bonds is 5. The van der Waals surface area contributed by atoms with Gasteiger partial charge in [-0.25, -0.2) is 4.90 Å². The first-order valence-electron chi connectivity index (χ1n) is 7.99. The molecule has 1 N–H and O–H groups in total. The van der Waals surface area contributed by atoms with Crippen LogP contribution in [-0.2, 0) is 20.7 Å². The second-order valence-electron chi connectivity index (χ2n) is 5.89. The summed E-state index contributed by atoms with van der Waals surface area (Å²) in [4.78, 5) is 26.0. The zero-order chi connectivity index (χ0) is 15.5. The number of carbonyl (C=O) groups is 2. The SMILES string of the molecule is CCc1ccc(N2C(=O)C[C@H](NC[C@H]3CCCO3)C2=O)cc1. The summed E-state index contributed by atoms with van der Waals surface area (Å²) in [6, 6.07) is 7.18. The van der Waals surface area contributed by atoms with Crippen molar-refractivity contribution in [2.45, 2.75) is 44.8 Å². The maximum absolute atomic E-state index is 12.5. The molecule has 2 aliphatic heterocycles. The lowest BCUT2D eigenvalue weighted by Crippen LogP contribution is -2.41. The molecule has 3 rings (SSSR count). The van der Waals surface area contributed by atoms with Crippen LogP contribution in [0, 0.1) is 0 Å². The zero-order valence-corrected chi connectivity index (χ0v) is 12.9. The molecule has 2 fully saturated rings. The molecule has 0 aromatic heterocycles. The third-order valence-electron chi connectivity index (χ3n) is 4.37. The Morgan fingerprint density at radius 1 is 1.27 bits per heavy atom. The van der Waals surface area contributed by atoms with Gasteiger partial charge in [0.25, 0.3) is 5.91 Å². The van der Waals surface area contributed by atoms with E-state index < -0.39 is 6.04 Å². The van der Waals surface area contributed by atoms with Gasteiger partial charge in [-0.3, -0.25) is 9.59 Å². The fourth-order valence-electron chi connectivity index (χ4n) is 3.02. The van der Waals surface area contributed by atoms with Gasteiger partial charge in [-0.2, -0.15) is 0 Å². The van der Waals surface area contributed by atoms with Gasteiger partial charge in [0.15, 0.2) is 0 Å². The summed E-state index contributed by atoms with van der Waals surface area (Å²) >= 11 is 0. The third kappa shape index (κ3) is 3.05. The quantitative estimate of drug-likeness (QED) is 0.840. The number of carbonyl (C=O) groups excluding carboxylic acids is 2. The van der Waals surface area contributed by atoms with Crippen LogP contribution >= 0.6 is 0 Å². The Bertz CT molecular complexity index is 550. The van der Waals surface area contributed by atoms with Gasteiger partial charge in [0.2, 0.25) is 5.91 Å². The Labute approximate surface area is 130 Å². The number of amides is 2. The van der Waals surface area contributed by atoms with Crippen LogP contribution in [0.25, 0.3) is 0 Å². The summed E-state index contributed by atoms with van der Waals surface area (Å²) in [5, 5.41) is 3.19. The molecule has 5 nitrogen and oxygen atoms in total. The van der Waals surface area contributed by atoms with Crippen molar-refractivity contribution in [3.63, 3.8) is 0 Å². The van der Waals surface area contributed by atoms with Gasteiger partial charge in [0.1, 0.15) is 0 Å². The van der Waals surface area contributed by atoms with Crippen molar-refractivity contribution in [3.05, 3.63) is 29.8 Å². The van der Waals surface area contributed by atoms with Gasteiger partial charge < -0.3 is 10.1 Å². The minimum absolute atomic E-state index is 0.140. The second-order valence-corrected chi connectivity index (χ2v) is 5.89. The van der Waals surface area contributed by atoms with Crippen molar-refractivity contribution < 1.29 is 14.3 Å². The highest BCUT2D eigenvalue weighted by molar-refractivity contribution is 6.22. The first-order valence-corrected chi connectivity index (χ1v) is 7.99. The van der Waals surface area contributed by atoms with E-state index in [4.69, 9.17) is 4.74 Å². The number of imide groups is 1. The van der Waals surface area contributed by atoms with E-state index in [1.165, 1.54) is 10.5 Å². The molecule has 1 aromatic carbocycles. The Morgan fingerprint density at radius 2 is 2.05 bits per heavy atom. The van der Waals surface area contributed by atoms with Gasteiger partial charge in [-0.15, -0.1) is 0 Å². The molecule has 118 valence electrons. The highest BCUT2D eigenvalue weighted by Gasteiger charge is 2.39. The lowest BCUT2D eigenvalue weighted by atomic mass is 10.1. The highest BCUT2D eigenvalue weighted by atomic mass is 16.5. The molecule has 22 heavy (non-hydrogen) atoms. The standard InChI is InChI=1S/C17H22N2O3/c1-2-12-5-7-13(8-6-12)19-16(20)10-15(17(19)21)18-11-14-4-3-9-22-14/h5-8,14-15,18H,2-4,9-11H2,1H3/t14-,15+/m1/s1. The van der Waals surface area contributed by atoms with Crippen LogP contribution in [0.4, 0.5) is 5.69 Å². The van der Waals surface area contributed by atoms with E-state index in [1.807, 2.05) is 24.3 Å². The summed E-state index contributed by atoms with van der Waals surface area (Å²) < 4.78 is 5.54. The van der Waals surface area contributed by atoms with Crippen molar-refractivity contribution in [3.8, 4) is 0 Å². The molecule has 1 aromatic rings. The molecule has 0 radical (unpaired) electrons. The van der Waals surface area contributed by atoms with Crippen molar-refractivity contribution in [2.75, 3.05) is 18.1 Å². The number of benzene rings is 1. The predicted molar refractivity (Wildman–Crippen MR) is 83.7 cm³/mol. The van der Waals surface area contributed by atoms with E-state index in [0.29, 0.717) is 12.2 Å². The van der Waals surface area contributed by atoms with Gasteiger partial charge in [-0.05, 0) is 37.0 Å². The molecule has 0 spiro atoms. The van der Waals surface area contributed by atoms with Crippen molar-refractivity contribution in [1.29, 1.82) is 0 Å². The Morgan fingerprint density at radius 3 is 2.68 bits per heavy atom. The van der Waals surface area contributed by atoms with Crippen molar-refractivity contribution >= 4 is 17.5 Å². The smallest absolute Gasteiger partial charge is 0.251 e. The van der Waals surface area contributed by atoms with Crippen LogP contribution in [-0.4, -0.2) is 37.1 Å². The maximum Gasteiger partial charge on any atom is 0.251 e. The second kappa shape index (κ2) is 6.58. The van der Waals surface area contributed by atoms with Crippen molar-refractivity contribution in [2.24, 2.45) is 0 Å². The van der Waals surface area contributed by atoms with Crippen molar-refractivity contribution in [1.82, 2.24) is 5.32 Å². The number of aryl methyl sites for hydroxylation is 1. The summed E-state index contributed by atoms with van der Waals surface area (Å²) in [6.45, 7) is 3.50. The molecule has 2 aliphatic rings. The molecule has 2 atom stereocenters. The molecule has 0 unspecified atom stereocenters. The van der Waals surface area contributed by atoms with E-state index in [1.54, 1.807) is 0 Å². The molecule has 0 saturated carbocycles. The van der Waals surface area contributed by atoms with Gasteiger partial charge >= 0.3 is 0 Å². The minimum Gasteiger partial charge on any atom is -0.377 e. The van der Waals surface area contributed by atoms with Crippen LogP contribution in [0.3, 0.4) is 0 Å². The molecule has 5 heteroatoms. The van der Waals surface area contributed by atoms with Crippen LogP contribution in [0.2, 0.25) is 0 Å². The molecule has 0 aliphatic carbocycles. The normalized spacial score (nSPS) is 25.2. The third-order valence-corrected chi connectivity index (χ3v) is 4.37. The van der Waals surface area contributed by atoms with E-state index in [-0.39, 0.29) is 24.3 Å². The first-order chi connectivity index (χ1) is 10.7. The van der Waals surface area contributed by atoms with Crippen LogP contribution in [0.1, 0.15) is 31.7 Å². The van der Waals surface area contributed by atoms with E-state index in [0.717, 1.165) is 25.9 Å². The maximum atomic E-state index is 12.5. The lowest BCUT2D eigenvalue weighted by Gasteiger charge is -2.17.